The molecular weight excluding hydrogens is 316 g/mol. The van der Waals surface area contributed by atoms with Crippen molar-refractivity contribution in [1.29, 1.82) is 0 Å². The summed E-state index contributed by atoms with van der Waals surface area (Å²) in [5, 5.41) is 0. The van der Waals surface area contributed by atoms with Gasteiger partial charge < -0.3 is 10.6 Å². The molecule has 2 aromatic rings. The Bertz CT molecular complexity index is 647. The van der Waals surface area contributed by atoms with E-state index in [-0.39, 0.29) is 5.91 Å². The number of thioether (sulfide) groups is 1. The SMILES string of the molecule is N[C@@H](Cc1ccccc1)C(=O)N1CCC(CSc2ccccc2)C1. The summed E-state index contributed by atoms with van der Waals surface area (Å²) in [6, 6.07) is 20.0. The molecule has 1 amide bonds. The zero-order chi connectivity index (χ0) is 16.8. The summed E-state index contributed by atoms with van der Waals surface area (Å²) in [5.41, 5.74) is 7.26. The molecule has 3 rings (SSSR count). The number of rotatable bonds is 6. The molecule has 24 heavy (non-hydrogen) atoms. The number of carbonyl (C=O) groups is 1. The van der Waals surface area contributed by atoms with Gasteiger partial charge in [0.1, 0.15) is 0 Å². The number of carbonyl (C=O) groups excluding carboxylic acids is 1. The second-order valence-electron chi connectivity index (χ2n) is 6.36. The molecule has 2 N–H and O–H groups in total. The van der Waals surface area contributed by atoms with E-state index in [4.69, 9.17) is 5.73 Å². The average Bonchev–Trinajstić information content (AvgIpc) is 3.10. The Morgan fingerprint density at radius 1 is 1.12 bits per heavy atom. The molecule has 2 atom stereocenters. The van der Waals surface area contributed by atoms with E-state index in [9.17, 15) is 4.79 Å². The van der Waals surface area contributed by atoms with Crippen LogP contribution in [0, 0.1) is 5.92 Å². The molecule has 2 aromatic carbocycles. The number of likely N-dealkylation sites (tertiary alicyclic amines) is 1. The number of nitrogens with zero attached hydrogens (tertiary/aromatic N) is 1. The molecule has 0 aliphatic carbocycles. The van der Waals surface area contributed by atoms with Crippen LogP contribution in [0.5, 0.6) is 0 Å². The molecule has 0 radical (unpaired) electrons. The van der Waals surface area contributed by atoms with E-state index in [0.717, 1.165) is 30.8 Å². The van der Waals surface area contributed by atoms with E-state index in [1.54, 1.807) is 0 Å². The van der Waals surface area contributed by atoms with Gasteiger partial charge in [-0.25, -0.2) is 0 Å². The van der Waals surface area contributed by atoms with Gasteiger partial charge in [0.15, 0.2) is 0 Å². The fourth-order valence-corrected chi connectivity index (χ4v) is 4.14. The molecule has 3 nitrogen and oxygen atoms in total. The zero-order valence-electron chi connectivity index (χ0n) is 13.8. The first-order valence-electron chi connectivity index (χ1n) is 8.48. The van der Waals surface area contributed by atoms with Crippen molar-refractivity contribution in [2.75, 3.05) is 18.8 Å². The molecule has 126 valence electrons. The summed E-state index contributed by atoms with van der Waals surface area (Å²) >= 11 is 1.87. The highest BCUT2D eigenvalue weighted by molar-refractivity contribution is 7.99. The molecule has 0 spiro atoms. The quantitative estimate of drug-likeness (QED) is 0.822. The fraction of sp³-hybridized carbons (Fsp3) is 0.350. The summed E-state index contributed by atoms with van der Waals surface area (Å²) in [6.07, 6.45) is 1.68. The smallest absolute Gasteiger partial charge is 0.239 e. The Kier molecular flexibility index (Phi) is 5.94. The first kappa shape index (κ1) is 17.1. The van der Waals surface area contributed by atoms with Crippen LogP contribution < -0.4 is 5.73 Å². The van der Waals surface area contributed by atoms with Gasteiger partial charge in [0, 0.05) is 23.7 Å². The number of hydrogen-bond donors (Lipinski definition) is 1. The van der Waals surface area contributed by atoms with Gasteiger partial charge in [-0.15, -0.1) is 11.8 Å². The second-order valence-corrected chi connectivity index (χ2v) is 7.45. The molecular formula is C20H24N2OS. The van der Waals surface area contributed by atoms with Gasteiger partial charge in [0.25, 0.3) is 0 Å². The van der Waals surface area contributed by atoms with E-state index in [0.29, 0.717) is 12.3 Å². The molecule has 0 bridgehead atoms. The Labute approximate surface area is 148 Å². The maximum atomic E-state index is 12.6. The summed E-state index contributed by atoms with van der Waals surface area (Å²) in [5.74, 6) is 1.70. The van der Waals surface area contributed by atoms with E-state index in [1.807, 2.05) is 53.1 Å². The minimum Gasteiger partial charge on any atom is -0.341 e. The van der Waals surface area contributed by atoms with Crippen molar-refractivity contribution in [2.45, 2.75) is 23.8 Å². The minimum absolute atomic E-state index is 0.0889. The van der Waals surface area contributed by atoms with Crippen LogP contribution in [0.3, 0.4) is 0 Å². The molecule has 0 aromatic heterocycles. The van der Waals surface area contributed by atoms with Crippen LogP contribution >= 0.6 is 11.8 Å². The molecule has 4 heteroatoms. The number of amides is 1. The summed E-state index contributed by atoms with van der Waals surface area (Å²) in [7, 11) is 0. The van der Waals surface area contributed by atoms with Crippen LogP contribution in [0.15, 0.2) is 65.6 Å². The Morgan fingerprint density at radius 2 is 1.79 bits per heavy atom. The lowest BCUT2D eigenvalue weighted by Crippen LogP contribution is -2.44. The largest absolute Gasteiger partial charge is 0.341 e. The first-order valence-corrected chi connectivity index (χ1v) is 9.47. The van der Waals surface area contributed by atoms with E-state index in [1.165, 1.54) is 4.90 Å². The van der Waals surface area contributed by atoms with Crippen molar-refractivity contribution in [3.8, 4) is 0 Å². The highest BCUT2D eigenvalue weighted by Gasteiger charge is 2.29. The van der Waals surface area contributed by atoms with Crippen molar-refractivity contribution in [1.82, 2.24) is 4.90 Å². The topological polar surface area (TPSA) is 46.3 Å². The van der Waals surface area contributed by atoms with Gasteiger partial charge in [0.05, 0.1) is 6.04 Å². The van der Waals surface area contributed by atoms with Crippen LogP contribution in [-0.2, 0) is 11.2 Å². The third kappa shape index (κ3) is 4.62. The second kappa shape index (κ2) is 8.36. The average molecular weight is 340 g/mol. The van der Waals surface area contributed by atoms with Gasteiger partial charge in [-0.3, -0.25) is 4.79 Å². The van der Waals surface area contributed by atoms with Crippen LogP contribution in [0.4, 0.5) is 0 Å². The van der Waals surface area contributed by atoms with E-state index >= 15 is 0 Å². The van der Waals surface area contributed by atoms with Crippen molar-refractivity contribution in [3.05, 3.63) is 66.2 Å². The maximum absolute atomic E-state index is 12.6. The molecule has 1 aliphatic rings. The van der Waals surface area contributed by atoms with Crippen molar-refractivity contribution >= 4 is 17.7 Å². The first-order chi connectivity index (χ1) is 11.7. The molecule has 1 aliphatic heterocycles. The summed E-state index contributed by atoms with van der Waals surface area (Å²) in [4.78, 5) is 15.8. The van der Waals surface area contributed by atoms with Gasteiger partial charge in [-0.05, 0) is 36.5 Å². The third-order valence-corrected chi connectivity index (χ3v) is 5.69. The normalized spacial score (nSPS) is 18.5. The molecule has 1 fully saturated rings. The Morgan fingerprint density at radius 3 is 2.50 bits per heavy atom. The van der Waals surface area contributed by atoms with Crippen LogP contribution in [-0.4, -0.2) is 35.7 Å². The van der Waals surface area contributed by atoms with Gasteiger partial charge in [-0.1, -0.05) is 48.5 Å². The van der Waals surface area contributed by atoms with Crippen LogP contribution in [0.25, 0.3) is 0 Å². The predicted molar refractivity (Wildman–Crippen MR) is 100.0 cm³/mol. The highest BCUT2D eigenvalue weighted by Crippen LogP contribution is 2.26. The lowest BCUT2D eigenvalue weighted by atomic mass is 10.1. The Balaban J connectivity index is 1.47. The fourth-order valence-electron chi connectivity index (χ4n) is 3.09. The zero-order valence-corrected chi connectivity index (χ0v) is 14.6. The maximum Gasteiger partial charge on any atom is 0.239 e. The monoisotopic (exact) mass is 340 g/mol. The molecule has 1 saturated heterocycles. The van der Waals surface area contributed by atoms with E-state index in [2.05, 4.69) is 24.3 Å². The third-order valence-electron chi connectivity index (χ3n) is 4.44. The molecule has 1 heterocycles. The minimum atomic E-state index is -0.437. The number of nitrogens with two attached hydrogens (primary N) is 1. The van der Waals surface area contributed by atoms with Gasteiger partial charge in [0.2, 0.25) is 5.91 Å². The van der Waals surface area contributed by atoms with E-state index < -0.39 is 6.04 Å². The van der Waals surface area contributed by atoms with Crippen LogP contribution in [0.1, 0.15) is 12.0 Å². The predicted octanol–water partition coefficient (Wildman–Crippen LogP) is 3.20. The van der Waals surface area contributed by atoms with Gasteiger partial charge >= 0.3 is 0 Å². The van der Waals surface area contributed by atoms with Gasteiger partial charge in [-0.2, -0.15) is 0 Å². The highest BCUT2D eigenvalue weighted by atomic mass is 32.2. The van der Waals surface area contributed by atoms with Crippen molar-refractivity contribution < 1.29 is 4.79 Å². The van der Waals surface area contributed by atoms with Crippen LogP contribution in [0.2, 0.25) is 0 Å². The number of benzene rings is 2. The standard InChI is InChI=1S/C20H24N2OS/c21-19(13-16-7-3-1-4-8-16)20(23)22-12-11-17(14-22)15-24-18-9-5-2-6-10-18/h1-10,17,19H,11-15,21H2/t17?,19-/m0/s1. The Hall–Kier alpha value is -1.78. The van der Waals surface area contributed by atoms with Crippen molar-refractivity contribution in [2.24, 2.45) is 11.7 Å². The lowest BCUT2D eigenvalue weighted by molar-refractivity contribution is -0.131. The van der Waals surface area contributed by atoms with Crippen molar-refractivity contribution in [3.63, 3.8) is 0 Å². The lowest BCUT2D eigenvalue weighted by Gasteiger charge is -2.21. The number of hydrogen-bond acceptors (Lipinski definition) is 3. The molecule has 0 saturated carbocycles. The summed E-state index contributed by atoms with van der Waals surface area (Å²) in [6.45, 7) is 1.67. The molecule has 1 unspecified atom stereocenters. The summed E-state index contributed by atoms with van der Waals surface area (Å²) < 4.78 is 0.